The zero-order valence-corrected chi connectivity index (χ0v) is 16.7. The van der Waals surface area contributed by atoms with Crippen LogP contribution in [0.4, 0.5) is 0 Å². The lowest BCUT2D eigenvalue weighted by atomic mass is 10.1. The third kappa shape index (κ3) is 8.16. The lowest BCUT2D eigenvalue weighted by Gasteiger charge is -2.26. The predicted octanol–water partition coefficient (Wildman–Crippen LogP) is 1.48. The molecule has 1 saturated heterocycles. The van der Waals surface area contributed by atoms with Crippen LogP contribution >= 0.6 is 24.0 Å². The molecule has 0 atom stereocenters. The van der Waals surface area contributed by atoms with Gasteiger partial charge in [0.25, 0.3) is 0 Å². The maximum atomic E-state index is 5.89. The van der Waals surface area contributed by atoms with Crippen LogP contribution in [0.1, 0.15) is 12.0 Å². The smallest absolute Gasteiger partial charge is 0.188 e. The summed E-state index contributed by atoms with van der Waals surface area (Å²) < 4.78 is 10.5. The first-order chi connectivity index (χ1) is 11.3. The fourth-order valence-electron chi connectivity index (χ4n) is 2.54. The number of morpholine rings is 1. The highest BCUT2D eigenvalue weighted by Gasteiger charge is 2.08. The third-order valence-electron chi connectivity index (χ3n) is 3.87. The number of nitrogens with two attached hydrogens (primary N) is 1. The lowest BCUT2D eigenvalue weighted by Crippen LogP contribution is -2.37. The average Bonchev–Trinajstić information content (AvgIpc) is 2.60. The van der Waals surface area contributed by atoms with E-state index in [1.165, 1.54) is 5.56 Å². The van der Waals surface area contributed by atoms with Crippen LogP contribution in [0.3, 0.4) is 0 Å². The molecule has 1 aromatic rings. The van der Waals surface area contributed by atoms with E-state index in [9.17, 15) is 0 Å². The fourth-order valence-corrected chi connectivity index (χ4v) is 2.54. The molecule has 7 heteroatoms. The van der Waals surface area contributed by atoms with E-state index in [0.717, 1.165) is 64.5 Å². The van der Waals surface area contributed by atoms with Crippen molar-refractivity contribution < 1.29 is 9.47 Å². The van der Waals surface area contributed by atoms with Crippen LogP contribution in [0, 0.1) is 0 Å². The molecule has 0 aromatic heterocycles. The van der Waals surface area contributed by atoms with Crippen molar-refractivity contribution in [2.75, 3.05) is 53.0 Å². The number of nitrogens with zero attached hydrogens (tertiary/aromatic N) is 2. The van der Waals surface area contributed by atoms with E-state index in [4.69, 9.17) is 15.2 Å². The molecular weight excluding hydrogens is 419 g/mol. The van der Waals surface area contributed by atoms with Crippen LogP contribution in [0.5, 0.6) is 5.75 Å². The third-order valence-corrected chi connectivity index (χ3v) is 3.87. The monoisotopic (exact) mass is 448 g/mol. The molecule has 1 aliphatic rings. The molecule has 0 spiro atoms. The summed E-state index contributed by atoms with van der Waals surface area (Å²) in [7, 11) is 1.68. The first-order valence-electron chi connectivity index (χ1n) is 8.25. The average molecular weight is 448 g/mol. The molecule has 0 aliphatic carbocycles. The molecule has 2 rings (SSSR count). The summed E-state index contributed by atoms with van der Waals surface area (Å²) in [5, 5.41) is 3.16. The van der Waals surface area contributed by atoms with Gasteiger partial charge in [0.05, 0.1) is 20.3 Å². The van der Waals surface area contributed by atoms with E-state index in [1.807, 2.05) is 18.2 Å². The van der Waals surface area contributed by atoms with Gasteiger partial charge in [-0.1, -0.05) is 12.1 Å². The molecule has 0 amide bonds. The minimum atomic E-state index is 0. The number of rotatable bonds is 8. The molecule has 6 nitrogen and oxygen atoms in total. The van der Waals surface area contributed by atoms with Crippen molar-refractivity contribution in [3.8, 4) is 5.75 Å². The zero-order valence-electron chi connectivity index (χ0n) is 14.4. The molecule has 136 valence electrons. The first kappa shape index (κ1) is 21.0. The predicted molar refractivity (Wildman–Crippen MR) is 108 cm³/mol. The summed E-state index contributed by atoms with van der Waals surface area (Å²) in [6, 6.07) is 8.07. The van der Waals surface area contributed by atoms with E-state index in [2.05, 4.69) is 21.3 Å². The number of hydrogen-bond donors (Lipinski definition) is 2. The number of aliphatic imine (C=N–C) groups is 1. The van der Waals surface area contributed by atoms with Crippen LogP contribution < -0.4 is 15.8 Å². The number of methoxy groups -OCH3 is 1. The van der Waals surface area contributed by atoms with Crippen molar-refractivity contribution in [1.29, 1.82) is 0 Å². The van der Waals surface area contributed by atoms with Gasteiger partial charge in [0.1, 0.15) is 5.75 Å². The van der Waals surface area contributed by atoms with Crippen LogP contribution in [-0.2, 0) is 11.2 Å². The van der Waals surface area contributed by atoms with Crippen molar-refractivity contribution in [2.24, 2.45) is 10.7 Å². The molecule has 0 radical (unpaired) electrons. The maximum Gasteiger partial charge on any atom is 0.188 e. The number of halogens is 1. The molecule has 1 heterocycles. The van der Waals surface area contributed by atoms with Crippen molar-refractivity contribution in [3.63, 3.8) is 0 Å². The second-order valence-electron chi connectivity index (χ2n) is 5.60. The molecule has 1 aliphatic heterocycles. The van der Waals surface area contributed by atoms with Gasteiger partial charge in [-0.15, -0.1) is 24.0 Å². The van der Waals surface area contributed by atoms with E-state index < -0.39 is 0 Å². The van der Waals surface area contributed by atoms with Gasteiger partial charge in [-0.05, 0) is 30.5 Å². The van der Waals surface area contributed by atoms with E-state index >= 15 is 0 Å². The lowest BCUT2D eigenvalue weighted by molar-refractivity contribution is 0.0377. The largest absolute Gasteiger partial charge is 0.497 e. The maximum absolute atomic E-state index is 5.89. The van der Waals surface area contributed by atoms with Gasteiger partial charge in [-0.3, -0.25) is 9.89 Å². The molecule has 1 fully saturated rings. The Hall–Kier alpha value is -1.06. The minimum absolute atomic E-state index is 0. The topological polar surface area (TPSA) is 72.1 Å². The van der Waals surface area contributed by atoms with E-state index in [0.29, 0.717) is 5.96 Å². The summed E-state index contributed by atoms with van der Waals surface area (Å²) >= 11 is 0. The van der Waals surface area contributed by atoms with Gasteiger partial charge < -0.3 is 20.5 Å². The molecule has 0 unspecified atom stereocenters. The van der Waals surface area contributed by atoms with Gasteiger partial charge >= 0.3 is 0 Å². The summed E-state index contributed by atoms with van der Waals surface area (Å²) in [5.41, 5.74) is 7.11. The van der Waals surface area contributed by atoms with E-state index in [-0.39, 0.29) is 24.0 Å². The fraction of sp³-hybridized carbons (Fsp3) is 0.588. The highest BCUT2D eigenvalue weighted by Crippen LogP contribution is 2.12. The number of hydrogen-bond acceptors (Lipinski definition) is 4. The number of guanidine groups is 1. The van der Waals surface area contributed by atoms with Gasteiger partial charge in [0.2, 0.25) is 0 Å². The Balaban J connectivity index is 0.00000288. The SMILES string of the molecule is COc1cccc(CCNC(N)=NCCCN2CCOCC2)c1.I. The number of ether oxygens (including phenoxy) is 2. The zero-order chi connectivity index (χ0) is 16.3. The van der Waals surface area contributed by atoms with Crippen LogP contribution in [-0.4, -0.2) is 63.9 Å². The number of nitrogens with one attached hydrogen (secondary N) is 1. The molecular formula is C17H29IN4O2. The Labute approximate surface area is 161 Å². The summed E-state index contributed by atoms with van der Waals surface area (Å²) in [6.45, 7) is 6.33. The van der Waals surface area contributed by atoms with Gasteiger partial charge in [-0.25, -0.2) is 0 Å². The molecule has 0 bridgehead atoms. The van der Waals surface area contributed by atoms with Gasteiger partial charge in [0, 0.05) is 32.7 Å². The van der Waals surface area contributed by atoms with Crippen molar-refractivity contribution in [2.45, 2.75) is 12.8 Å². The molecule has 24 heavy (non-hydrogen) atoms. The summed E-state index contributed by atoms with van der Waals surface area (Å²) in [6.07, 6.45) is 1.92. The van der Waals surface area contributed by atoms with Crippen LogP contribution in [0.15, 0.2) is 29.3 Å². The van der Waals surface area contributed by atoms with Crippen molar-refractivity contribution in [1.82, 2.24) is 10.2 Å². The second-order valence-corrected chi connectivity index (χ2v) is 5.60. The second kappa shape index (κ2) is 12.3. The summed E-state index contributed by atoms with van der Waals surface area (Å²) in [5.74, 6) is 1.40. The van der Waals surface area contributed by atoms with Crippen molar-refractivity contribution in [3.05, 3.63) is 29.8 Å². The van der Waals surface area contributed by atoms with Crippen molar-refractivity contribution >= 4 is 29.9 Å². The van der Waals surface area contributed by atoms with Crippen LogP contribution in [0.25, 0.3) is 0 Å². The van der Waals surface area contributed by atoms with E-state index in [1.54, 1.807) is 7.11 Å². The summed E-state index contributed by atoms with van der Waals surface area (Å²) in [4.78, 5) is 6.78. The standard InChI is InChI=1S/C17H28N4O2.HI/c1-22-16-5-2-4-15(14-16)6-8-20-17(18)19-7-3-9-21-10-12-23-13-11-21;/h2,4-5,14H,3,6-13H2,1H3,(H3,18,19,20);1H. The molecule has 0 saturated carbocycles. The normalized spacial score (nSPS) is 15.6. The Bertz CT molecular complexity index is 493. The Kier molecular flexibility index (Phi) is 10.8. The number of benzene rings is 1. The highest BCUT2D eigenvalue weighted by molar-refractivity contribution is 14.0. The highest BCUT2D eigenvalue weighted by atomic mass is 127. The van der Waals surface area contributed by atoms with Gasteiger partial charge in [0.15, 0.2) is 5.96 Å². The molecule has 3 N–H and O–H groups in total. The molecule has 1 aromatic carbocycles. The Morgan fingerprint density at radius 1 is 1.38 bits per heavy atom. The quantitative estimate of drug-likeness (QED) is 0.273. The minimum Gasteiger partial charge on any atom is -0.497 e. The first-order valence-corrected chi connectivity index (χ1v) is 8.25. The Morgan fingerprint density at radius 2 is 2.17 bits per heavy atom. The van der Waals surface area contributed by atoms with Gasteiger partial charge in [-0.2, -0.15) is 0 Å². The van der Waals surface area contributed by atoms with Crippen LogP contribution in [0.2, 0.25) is 0 Å². The Morgan fingerprint density at radius 3 is 2.92 bits per heavy atom.